The highest BCUT2D eigenvalue weighted by atomic mass is 32.2. The van der Waals surface area contributed by atoms with Crippen LogP contribution >= 0.6 is 0 Å². The van der Waals surface area contributed by atoms with Crippen LogP contribution in [0.2, 0.25) is 0 Å². The second kappa shape index (κ2) is 8.24. The minimum absolute atomic E-state index is 0.0223. The fraction of sp³-hybridized carbons (Fsp3) is 0.471. The van der Waals surface area contributed by atoms with Gasteiger partial charge in [0.05, 0.1) is 5.75 Å². The zero-order valence-corrected chi connectivity index (χ0v) is 15.4. The van der Waals surface area contributed by atoms with Crippen LogP contribution in [-0.2, 0) is 20.4 Å². The van der Waals surface area contributed by atoms with E-state index in [4.69, 9.17) is 4.42 Å². The maximum Gasteiger partial charge on any atom is 0.335 e. The number of carbonyl (C=O) groups is 1. The van der Waals surface area contributed by atoms with Crippen LogP contribution in [-0.4, -0.2) is 24.5 Å². The lowest BCUT2D eigenvalue weighted by Gasteiger charge is -2.18. The molecule has 0 aliphatic carbocycles. The SMILES string of the molecule is CCCC(=O)N[C@H](c1nnc(S(=O)(=O)Cc2ccccc2)o1)C(C)C. The van der Waals surface area contributed by atoms with Crippen LogP contribution in [0.3, 0.4) is 0 Å². The van der Waals surface area contributed by atoms with Gasteiger partial charge in [-0.3, -0.25) is 4.79 Å². The summed E-state index contributed by atoms with van der Waals surface area (Å²) in [6.07, 6.45) is 1.10. The molecule has 1 atom stereocenters. The minimum Gasteiger partial charge on any atom is -0.410 e. The van der Waals surface area contributed by atoms with Crippen molar-refractivity contribution in [2.24, 2.45) is 5.92 Å². The lowest BCUT2D eigenvalue weighted by Crippen LogP contribution is -2.31. The lowest BCUT2D eigenvalue weighted by molar-refractivity contribution is -0.122. The van der Waals surface area contributed by atoms with E-state index in [1.807, 2.05) is 26.8 Å². The summed E-state index contributed by atoms with van der Waals surface area (Å²) >= 11 is 0. The molecule has 1 aromatic carbocycles. The summed E-state index contributed by atoms with van der Waals surface area (Å²) in [4.78, 5) is 11.9. The maximum atomic E-state index is 12.4. The molecule has 0 spiro atoms. The van der Waals surface area contributed by atoms with Gasteiger partial charge in [0.25, 0.3) is 0 Å². The number of aromatic nitrogens is 2. The van der Waals surface area contributed by atoms with Crippen LogP contribution in [0.25, 0.3) is 0 Å². The first-order valence-corrected chi connectivity index (χ1v) is 9.88. The number of hydrogen-bond acceptors (Lipinski definition) is 6. The molecule has 1 N–H and O–H groups in total. The van der Waals surface area contributed by atoms with Crippen LogP contribution in [0.15, 0.2) is 40.0 Å². The Morgan fingerprint density at radius 1 is 1.20 bits per heavy atom. The highest BCUT2D eigenvalue weighted by Gasteiger charge is 2.28. The molecule has 0 aliphatic heterocycles. The van der Waals surface area contributed by atoms with Gasteiger partial charge >= 0.3 is 5.22 Å². The number of nitrogens with one attached hydrogen (secondary N) is 1. The Bertz CT molecular complexity index is 800. The van der Waals surface area contributed by atoms with Gasteiger partial charge in [0.1, 0.15) is 6.04 Å². The molecule has 1 aromatic heterocycles. The third-order valence-electron chi connectivity index (χ3n) is 3.61. The number of carbonyl (C=O) groups excluding carboxylic acids is 1. The predicted octanol–water partition coefficient (Wildman–Crippen LogP) is 2.66. The quantitative estimate of drug-likeness (QED) is 0.771. The van der Waals surface area contributed by atoms with Crippen molar-refractivity contribution in [2.75, 3.05) is 0 Å². The molecule has 0 unspecified atom stereocenters. The Morgan fingerprint density at radius 2 is 1.88 bits per heavy atom. The van der Waals surface area contributed by atoms with Crippen LogP contribution in [0.4, 0.5) is 0 Å². The second-order valence-corrected chi connectivity index (χ2v) is 8.06. The van der Waals surface area contributed by atoms with Crippen molar-refractivity contribution in [3.8, 4) is 0 Å². The van der Waals surface area contributed by atoms with E-state index in [1.165, 1.54) is 0 Å². The Kier molecular flexibility index (Phi) is 6.30. The molecule has 8 heteroatoms. The van der Waals surface area contributed by atoms with E-state index in [-0.39, 0.29) is 23.5 Å². The van der Waals surface area contributed by atoms with E-state index in [2.05, 4.69) is 15.5 Å². The smallest absolute Gasteiger partial charge is 0.335 e. The van der Waals surface area contributed by atoms with Crippen LogP contribution < -0.4 is 5.32 Å². The molecule has 136 valence electrons. The fourth-order valence-electron chi connectivity index (χ4n) is 2.31. The normalized spacial score (nSPS) is 13.0. The first kappa shape index (κ1) is 19.1. The van der Waals surface area contributed by atoms with Crippen LogP contribution in [0.5, 0.6) is 0 Å². The molecule has 2 rings (SSSR count). The van der Waals surface area contributed by atoms with Gasteiger partial charge in [-0.05, 0) is 17.9 Å². The van der Waals surface area contributed by atoms with Crippen molar-refractivity contribution in [1.82, 2.24) is 15.5 Å². The molecule has 25 heavy (non-hydrogen) atoms. The molecular weight excluding hydrogens is 342 g/mol. The van der Waals surface area contributed by atoms with Gasteiger partial charge in [0, 0.05) is 6.42 Å². The van der Waals surface area contributed by atoms with E-state index in [1.54, 1.807) is 24.3 Å². The number of hydrogen-bond donors (Lipinski definition) is 1. The van der Waals surface area contributed by atoms with Crippen LogP contribution in [0, 0.1) is 5.92 Å². The van der Waals surface area contributed by atoms with Crippen LogP contribution in [0.1, 0.15) is 51.1 Å². The summed E-state index contributed by atoms with van der Waals surface area (Å²) in [6, 6.07) is 8.26. The minimum atomic E-state index is -3.74. The van der Waals surface area contributed by atoms with Crippen molar-refractivity contribution < 1.29 is 17.6 Å². The summed E-state index contributed by atoms with van der Waals surface area (Å²) in [7, 11) is -3.74. The molecule has 2 aromatic rings. The first-order valence-electron chi connectivity index (χ1n) is 8.23. The first-order chi connectivity index (χ1) is 11.8. The molecule has 0 bridgehead atoms. The summed E-state index contributed by atoms with van der Waals surface area (Å²) in [5.74, 6) is -0.269. The molecule has 1 heterocycles. The Balaban J connectivity index is 2.20. The average molecular weight is 365 g/mol. The number of amides is 1. The third kappa shape index (κ3) is 5.12. The third-order valence-corrected chi connectivity index (χ3v) is 5.02. The molecule has 0 radical (unpaired) electrons. The monoisotopic (exact) mass is 365 g/mol. The maximum absolute atomic E-state index is 12.4. The lowest BCUT2D eigenvalue weighted by atomic mass is 10.0. The largest absolute Gasteiger partial charge is 0.410 e. The van der Waals surface area contributed by atoms with Crippen molar-refractivity contribution in [1.29, 1.82) is 0 Å². The molecule has 0 saturated carbocycles. The summed E-state index contributed by atoms with van der Waals surface area (Å²) < 4.78 is 30.3. The number of benzene rings is 1. The molecular formula is C17H23N3O4S. The average Bonchev–Trinajstić information content (AvgIpc) is 3.03. The molecule has 0 aliphatic rings. The highest BCUT2D eigenvalue weighted by molar-refractivity contribution is 7.90. The van der Waals surface area contributed by atoms with Crippen molar-refractivity contribution in [3.05, 3.63) is 41.8 Å². The highest BCUT2D eigenvalue weighted by Crippen LogP contribution is 2.23. The van der Waals surface area contributed by atoms with Gasteiger partial charge < -0.3 is 9.73 Å². The summed E-state index contributed by atoms with van der Waals surface area (Å²) in [6.45, 7) is 5.68. The molecule has 0 saturated heterocycles. The van der Waals surface area contributed by atoms with Crippen molar-refractivity contribution in [3.63, 3.8) is 0 Å². The van der Waals surface area contributed by atoms with Gasteiger partial charge in [-0.15, -0.1) is 5.10 Å². The standard InChI is InChI=1S/C17H23N3O4S/c1-4-8-14(21)18-15(12(2)3)16-19-20-17(24-16)25(22,23)11-13-9-6-5-7-10-13/h5-7,9-10,12,15H,4,8,11H2,1-3H3,(H,18,21)/t15-/m0/s1. The van der Waals surface area contributed by atoms with E-state index in [9.17, 15) is 13.2 Å². The van der Waals surface area contributed by atoms with Gasteiger partial charge in [0.2, 0.25) is 21.6 Å². The number of nitrogens with zero attached hydrogens (tertiary/aromatic N) is 2. The van der Waals surface area contributed by atoms with Crippen molar-refractivity contribution >= 4 is 15.7 Å². The van der Waals surface area contributed by atoms with Gasteiger partial charge in [-0.25, -0.2) is 8.42 Å². The number of rotatable bonds is 8. The van der Waals surface area contributed by atoms with Gasteiger partial charge in [-0.2, -0.15) is 0 Å². The fourth-order valence-corrected chi connectivity index (χ4v) is 3.45. The summed E-state index contributed by atoms with van der Waals surface area (Å²) in [5, 5.41) is 9.92. The molecule has 7 nitrogen and oxygen atoms in total. The van der Waals surface area contributed by atoms with E-state index >= 15 is 0 Å². The zero-order chi connectivity index (χ0) is 18.4. The Hall–Kier alpha value is -2.22. The van der Waals surface area contributed by atoms with E-state index in [0.717, 1.165) is 6.42 Å². The summed E-state index contributed by atoms with van der Waals surface area (Å²) in [5.41, 5.74) is 0.638. The van der Waals surface area contributed by atoms with Gasteiger partial charge in [-0.1, -0.05) is 56.2 Å². The topological polar surface area (TPSA) is 102 Å². The predicted molar refractivity (Wildman–Crippen MR) is 92.3 cm³/mol. The van der Waals surface area contributed by atoms with Gasteiger partial charge in [0.15, 0.2) is 0 Å². The van der Waals surface area contributed by atoms with E-state index in [0.29, 0.717) is 12.0 Å². The zero-order valence-electron chi connectivity index (χ0n) is 14.6. The Morgan fingerprint density at radius 3 is 2.48 bits per heavy atom. The Labute approximate surface area is 147 Å². The van der Waals surface area contributed by atoms with Crippen molar-refractivity contribution in [2.45, 2.75) is 50.6 Å². The molecule has 1 amide bonds. The number of sulfone groups is 1. The molecule has 0 fully saturated rings. The second-order valence-electron chi connectivity index (χ2n) is 6.19. The van der Waals surface area contributed by atoms with E-state index < -0.39 is 21.1 Å².